The van der Waals surface area contributed by atoms with E-state index in [0.717, 1.165) is 12.8 Å². The molecule has 0 saturated carbocycles. The summed E-state index contributed by atoms with van der Waals surface area (Å²) in [5.74, 6) is 0. The van der Waals surface area contributed by atoms with Crippen LogP contribution in [0.3, 0.4) is 0 Å². The third-order valence-corrected chi connectivity index (χ3v) is 5.30. The van der Waals surface area contributed by atoms with Gasteiger partial charge < -0.3 is 5.32 Å². The highest BCUT2D eigenvalue weighted by molar-refractivity contribution is 7.91. The maximum absolute atomic E-state index is 11.7. The van der Waals surface area contributed by atoms with Crippen LogP contribution >= 0.6 is 0 Å². The Bertz CT molecular complexity index is 360. The molecule has 0 amide bonds. The minimum Gasteiger partial charge on any atom is -0.312 e. The molecule has 2 unspecified atom stereocenters. The van der Waals surface area contributed by atoms with Crippen molar-refractivity contribution in [3.8, 4) is 0 Å². The SMILES string of the molecule is CNC(C1=CCCCCCC1)C(C)S(C)(=O)=O. The number of allylic oxidation sites excluding steroid dienone is 1. The van der Waals surface area contributed by atoms with Crippen LogP contribution in [0.2, 0.25) is 0 Å². The van der Waals surface area contributed by atoms with E-state index in [0.29, 0.717) is 0 Å². The monoisotopic (exact) mass is 259 g/mol. The quantitative estimate of drug-likeness (QED) is 0.788. The third-order valence-electron chi connectivity index (χ3n) is 3.68. The van der Waals surface area contributed by atoms with Gasteiger partial charge in [-0.05, 0) is 39.7 Å². The third kappa shape index (κ3) is 4.43. The van der Waals surface area contributed by atoms with E-state index in [-0.39, 0.29) is 11.3 Å². The molecule has 0 aromatic carbocycles. The van der Waals surface area contributed by atoms with Crippen LogP contribution in [0.4, 0.5) is 0 Å². The van der Waals surface area contributed by atoms with E-state index < -0.39 is 9.84 Å². The summed E-state index contributed by atoms with van der Waals surface area (Å²) in [4.78, 5) is 0. The first-order valence-corrected chi connectivity index (χ1v) is 8.47. The van der Waals surface area contributed by atoms with E-state index >= 15 is 0 Å². The second-order valence-corrected chi connectivity index (χ2v) is 7.44. The number of sulfone groups is 1. The van der Waals surface area contributed by atoms with Gasteiger partial charge >= 0.3 is 0 Å². The van der Waals surface area contributed by atoms with Crippen LogP contribution in [0.25, 0.3) is 0 Å². The van der Waals surface area contributed by atoms with Gasteiger partial charge in [0, 0.05) is 12.3 Å². The molecule has 2 atom stereocenters. The average molecular weight is 259 g/mol. The van der Waals surface area contributed by atoms with Crippen LogP contribution in [0, 0.1) is 0 Å². The Balaban J connectivity index is 2.84. The van der Waals surface area contributed by atoms with Crippen LogP contribution in [0.1, 0.15) is 45.4 Å². The minimum atomic E-state index is -2.99. The Kier molecular flexibility index (Phi) is 5.67. The molecule has 3 nitrogen and oxygen atoms in total. The molecule has 0 heterocycles. The van der Waals surface area contributed by atoms with Crippen molar-refractivity contribution >= 4 is 9.84 Å². The summed E-state index contributed by atoms with van der Waals surface area (Å²) in [6.45, 7) is 1.80. The lowest BCUT2D eigenvalue weighted by Gasteiger charge is -2.26. The van der Waals surface area contributed by atoms with Crippen molar-refractivity contribution in [3.63, 3.8) is 0 Å². The van der Waals surface area contributed by atoms with Crippen LogP contribution in [-0.2, 0) is 9.84 Å². The zero-order valence-corrected chi connectivity index (χ0v) is 12.0. The second-order valence-electron chi connectivity index (χ2n) is 5.03. The van der Waals surface area contributed by atoms with Gasteiger partial charge in [-0.1, -0.05) is 24.5 Å². The average Bonchev–Trinajstić information content (AvgIpc) is 2.20. The van der Waals surface area contributed by atoms with Gasteiger partial charge in [0.25, 0.3) is 0 Å². The van der Waals surface area contributed by atoms with Crippen molar-refractivity contribution in [2.75, 3.05) is 13.3 Å². The Labute approximate surface area is 106 Å². The number of likely N-dealkylation sites (N-methyl/N-ethyl adjacent to an activating group) is 1. The lowest BCUT2D eigenvalue weighted by atomic mass is 9.93. The van der Waals surface area contributed by atoms with Crippen molar-refractivity contribution in [2.24, 2.45) is 0 Å². The largest absolute Gasteiger partial charge is 0.312 e. The predicted molar refractivity (Wildman–Crippen MR) is 72.9 cm³/mol. The Morgan fingerprint density at radius 2 is 1.88 bits per heavy atom. The molecule has 0 aromatic rings. The van der Waals surface area contributed by atoms with E-state index in [1.165, 1.54) is 37.5 Å². The van der Waals surface area contributed by atoms with Crippen molar-refractivity contribution in [3.05, 3.63) is 11.6 Å². The van der Waals surface area contributed by atoms with E-state index in [1.54, 1.807) is 6.92 Å². The van der Waals surface area contributed by atoms with Gasteiger partial charge in [-0.3, -0.25) is 0 Å². The fraction of sp³-hybridized carbons (Fsp3) is 0.846. The number of hydrogen-bond donors (Lipinski definition) is 1. The van der Waals surface area contributed by atoms with Gasteiger partial charge in [0.05, 0.1) is 5.25 Å². The molecule has 0 spiro atoms. The van der Waals surface area contributed by atoms with E-state index in [9.17, 15) is 8.42 Å². The zero-order chi connectivity index (χ0) is 12.9. The topological polar surface area (TPSA) is 46.2 Å². The van der Waals surface area contributed by atoms with Crippen molar-refractivity contribution in [1.82, 2.24) is 5.32 Å². The van der Waals surface area contributed by atoms with Crippen molar-refractivity contribution in [1.29, 1.82) is 0 Å². The molecular formula is C13H25NO2S. The Hall–Kier alpha value is -0.350. The van der Waals surface area contributed by atoms with E-state index in [1.807, 2.05) is 7.05 Å². The lowest BCUT2D eigenvalue weighted by Crippen LogP contribution is -2.42. The summed E-state index contributed by atoms with van der Waals surface area (Å²) in [5, 5.41) is 2.83. The summed E-state index contributed by atoms with van der Waals surface area (Å²) in [6, 6.07) is -0.0249. The normalized spacial score (nSPS) is 22.2. The molecule has 0 aliphatic heterocycles. The minimum absolute atomic E-state index is 0.0249. The second kappa shape index (κ2) is 6.55. The number of hydrogen-bond acceptors (Lipinski definition) is 3. The summed E-state index contributed by atoms with van der Waals surface area (Å²) in [5.41, 5.74) is 1.28. The van der Waals surface area contributed by atoms with Gasteiger partial charge in [0.2, 0.25) is 0 Å². The lowest BCUT2D eigenvalue weighted by molar-refractivity contribution is 0.528. The molecular weight excluding hydrogens is 234 g/mol. The molecule has 1 aliphatic carbocycles. The highest BCUT2D eigenvalue weighted by Gasteiger charge is 2.27. The summed E-state index contributed by atoms with van der Waals surface area (Å²) >= 11 is 0. The van der Waals surface area contributed by atoms with Gasteiger partial charge in [-0.25, -0.2) is 8.42 Å². The fourth-order valence-electron chi connectivity index (χ4n) is 2.47. The molecule has 1 rings (SSSR count). The first kappa shape index (κ1) is 14.7. The van der Waals surface area contributed by atoms with E-state index in [4.69, 9.17) is 0 Å². The van der Waals surface area contributed by atoms with Gasteiger partial charge in [0.1, 0.15) is 0 Å². The maximum atomic E-state index is 11.7. The molecule has 0 fully saturated rings. The van der Waals surface area contributed by atoms with Crippen molar-refractivity contribution in [2.45, 2.75) is 56.7 Å². The molecule has 17 heavy (non-hydrogen) atoms. The smallest absolute Gasteiger partial charge is 0.151 e. The van der Waals surface area contributed by atoms with E-state index in [2.05, 4.69) is 11.4 Å². The molecule has 1 aliphatic rings. The zero-order valence-electron chi connectivity index (χ0n) is 11.2. The molecule has 1 N–H and O–H groups in total. The first-order valence-electron chi connectivity index (χ1n) is 6.52. The van der Waals surface area contributed by atoms with Gasteiger partial charge in [0.15, 0.2) is 9.84 Å². The standard InChI is InChI=1S/C13H25NO2S/c1-11(17(3,15)16)13(14-2)12-9-7-5-4-6-8-10-12/h9,11,13-14H,4-8,10H2,1-3H3. The molecule has 0 bridgehead atoms. The van der Waals surface area contributed by atoms with Gasteiger partial charge in [-0.2, -0.15) is 0 Å². The predicted octanol–water partition coefficient (Wildman–Crippen LogP) is 2.29. The molecule has 100 valence electrons. The summed E-state index contributed by atoms with van der Waals surface area (Å²) in [6.07, 6.45) is 10.7. The van der Waals surface area contributed by atoms with Gasteiger partial charge in [-0.15, -0.1) is 0 Å². The first-order chi connectivity index (χ1) is 7.96. The molecule has 0 radical (unpaired) electrons. The molecule has 4 heteroatoms. The van der Waals surface area contributed by atoms with Crippen LogP contribution in [-0.4, -0.2) is 33.0 Å². The molecule has 0 saturated heterocycles. The van der Waals surface area contributed by atoms with Crippen LogP contribution < -0.4 is 5.32 Å². The Morgan fingerprint density at radius 3 is 2.47 bits per heavy atom. The maximum Gasteiger partial charge on any atom is 0.151 e. The number of rotatable bonds is 4. The summed E-state index contributed by atoms with van der Waals surface area (Å²) in [7, 11) is -1.13. The Morgan fingerprint density at radius 1 is 1.24 bits per heavy atom. The highest BCUT2D eigenvalue weighted by Crippen LogP contribution is 2.23. The fourth-order valence-corrected chi connectivity index (χ4v) is 3.27. The highest BCUT2D eigenvalue weighted by atomic mass is 32.2. The summed E-state index contributed by atoms with van der Waals surface area (Å²) < 4.78 is 23.3. The van der Waals surface area contributed by atoms with Crippen LogP contribution in [0.5, 0.6) is 0 Å². The number of nitrogens with one attached hydrogen (secondary N) is 1. The molecule has 0 aromatic heterocycles. The van der Waals surface area contributed by atoms with Crippen molar-refractivity contribution < 1.29 is 8.42 Å². The van der Waals surface area contributed by atoms with Crippen LogP contribution in [0.15, 0.2) is 11.6 Å².